The van der Waals surface area contributed by atoms with Gasteiger partial charge in [-0.15, -0.1) is 0 Å². The molecule has 5 nitrogen and oxygen atoms in total. The van der Waals surface area contributed by atoms with Gasteiger partial charge in [-0.1, -0.05) is 6.07 Å². The van der Waals surface area contributed by atoms with Gasteiger partial charge < -0.3 is 20.3 Å². The molecular weight excluding hydrogens is 331 g/mol. The first kappa shape index (κ1) is 19.0. The van der Waals surface area contributed by atoms with Gasteiger partial charge in [-0.3, -0.25) is 4.99 Å². The third kappa shape index (κ3) is 6.16. The van der Waals surface area contributed by atoms with Crippen LogP contribution in [0.1, 0.15) is 32.6 Å². The summed E-state index contributed by atoms with van der Waals surface area (Å²) in [5.74, 6) is 1.49. The molecule has 1 aliphatic heterocycles. The molecule has 1 aromatic carbocycles. The highest BCUT2D eigenvalue weighted by atomic mass is 19.1. The summed E-state index contributed by atoms with van der Waals surface area (Å²) in [7, 11) is 0. The van der Waals surface area contributed by atoms with Gasteiger partial charge in [0.2, 0.25) is 0 Å². The molecule has 1 aromatic rings. The van der Waals surface area contributed by atoms with Crippen LogP contribution < -0.4 is 15.5 Å². The number of rotatable bonds is 8. The number of anilines is 1. The van der Waals surface area contributed by atoms with E-state index in [-0.39, 0.29) is 5.82 Å². The summed E-state index contributed by atoms with van der Waals surface area (Å²) < 4.78 is 19.1. The molecule has 0 aromatic heterocycles. The Bertz CT molecular complexity index is 583. The van der Waals surface area contributed by atoms with Crippen molar-refractivity contribution in [2.45, 2.75) is 38.6 Å². The van der Waals surface area contributed by atoms with Crippen LogP contribution in [0.2, 0.25) is 0 Å². The second kappa shape index (κ2) is 9.76. The van der Waals surface area contributed by atoms with Crippen molar-refractivity contribution in [3.05, 3.63) is 30.1 Å². The van der Waals surface area contributed by atoms with Gasteiger partial charge in [0.15, 0.2) is 5.96 Å². The van der Waals surface area contributed by atoms with Crippen LogP contribution in [0.4, 0.5) is 10.1 Å². The minimum Gasteiger partial charge on any atom is -0.379 e. The fraction of sp³-hybridized carbons (Fsp3) is 0.650. The number of nitrogens with zero attached hydrogens (tertiary/aromatic N) is 2. The molecule has 26 heavy (non-hydrogen) atoms. The van der Waals surface area contributed by atoms with Crippen LogP contribution in [0, 0.1) is 11.7 Å². The molecule has 1 aliphatic carbocycles. The summed E-state index contributed by atoms with van der Waals surface area (Å²) >= 11 is 0. The van der Waals surface area contributed by atoms with Crippen LogP contribution in [-0.4, -0.2) is 51.4 Å². The lowest BCUT2D eigenvalue weighted by atomic mass is 10.0. The topological polar surface area (TPSA) is 48.9 Å². The molecule has 0 amide bonds. The molecule has 2 fully saturated rings. The molecule has 0 atom stereocenters. The van der Waals surface area contributed by atoms with Crippen molar-refractivity contribution >= 4 is 11.6 Å². The lowest BCUT2D eigenvalue weighted by molar-refractivity contribution is 0.131. The van der Waals surface area contributed by atoms with E-state index in [2.05, 4.69) is 27.4 Å². The third-order valence-electron chi connectivity index (χ3n) is 4.91. The Balaban J connectivity index is 1.41. The molecule has 1 saturated carbocycles. The molecule has 0 unspecified atom stereocenters. The summed E-state index contributed by atoms with van der Waals surface area (Å²) in [4.78, 5) is 6.87. The van der Waals surface area contributed by atoms with E-state index in [1.54, 1.807) is 12.1 Å². The van der Waals surface area contributed by atoms with E-state index in [0.717, 1.165) is 56.6 Å². The average Bonchev–Trinajstić information content (AvgIpc) is 3.46. The van der Waals surface area contributed by atoms with Gasteiger partial charge >= 0.3 is 0 Å². The second-order valence-electron chi connectivity index (χ2n) is 7.16. The second-order valence-corrected chi connectivity index (χ2v) is 7.16. The van der Waals surface area contributed by atoms with Crippen molar-refractivity contribution in [2.75, 3.05) is 44.3 Å². The van der Waals surface area contributed by atoms with Crippen molar-refractivity contribution in [2.24, 2.45) is 10.9 Å². The quantitative estimate of drug-likeness (QED) is 0.424. The smallest absolute Gasteiger partial charge is 0.191 e. The summed E-state index contributed by atoms with van der Waals surface area (Å²) in [6.45, 7) is 7.02. The highest BCUT2D eigenvalue weighted by Crippen LogP contribution is 2.28. The molecule has 6 heteroatoms. The van der Waals surface area contributed by atoms with Crippen LogP contribution in [0.15, 0.2) is 29.3 Å². The molecule has 3 rings (SSSR count). The normalized spacial score (nSPS) is 18.8. The number of halogens is 1. The highest BCUT2D eigenvalue weighted by molar-refractivity contribution is 5.80. The van der Waals surface area contributed by atoms with Gasteiger partial charge in [0, 0.05) is 38.0 Å². The van der Waals surface area contributed by atoms with Crippen LogP contribution in [0.25, 0.3) is 0 Å². The van der Waals surface area contributed by atoms with Crippen LogP contribution in [-0.2, 0) is 4.74 Å². The van der Waals surface area contributed by atoms with E-state index in [0.29, 0.717) is 19.2 Å². The van der Waals surface area contributed by atoms with E-state index in [4.69, 9.17) is 4.74 Å². The van der Waals surface area contributed by atoms with Crippen LogP contribution >= 0.6 is 0 Å². The maximum absolute atomic E-state index is 13.4. The Morgan fingerprint density at radius 3 is 2.77 bits per heavy atom. The zero-order valence-electron chi connectivity index (χ0n) is 15.7. The standard InChI is InChI=1S/C20H31FN4O/c1-2-22-20(23-10-13-26-15-16-6-7-16)24-18-8-11-25(12-9-18)19-5-3-4-17(21)14-19/h3-5,14,16,18H,2,6-13,15H2,1H3,(H2,22,23,24). The van der Waals surface area contributed by atoms with Gasteiger partial charge in [0.05, 0.1) is 13.2 Å². The molecule has 0 radical (unpaired) electrons. The summed E-state index contributed by atoms with van der Waals surface area (Å²) in [5.41, 5.74) is 0.969. The number of nitrogens with one attached hydrogen (secondary N) is 2. The number of guanidine groups is 1. The maximum Gasteiger partial charge on any atom is 0.191 e. The number of hydrogen-bond donors (Lipinski definition) is 2. The molecular formula is C20H31FN4O. The zero-order valence-corrected chi connectivity index (χ0v) is 15.7. The first-order valence-corrected chi connectivity index (χ1v) is 9.87. The number of piperidine rings is 1. The number of benzene rings is 1. The van der Waals surface area contributed by atoms with E-state index in [1.807, 2.05) is 6.07 Å². The van der Waals surface area contributed by atoms with Crippen molar-refractivity contribution < 1.29 is 9.13 Å². The van der Waals surface area contributed by atoms with Crippen molar-refractivity contribution in [1.29, 1.82) is 0 Å². The van der Waals surface area contributed by atoms with E-state index >= 15 is 0 Å². The molecule has 1 heterocycles. The van der Waals surface area contributed by atoms with Crippen molar-refractivity contribution in [3.63, 3.8) is 0 Å². The maximum atomic E-state index is 13.4. The largest absolute Gasteiger partial charge is 0.379 e. The van der Waals surface area contributed by atoms with E-state index < -0.39 is 0 Å². The van der Waals surface area contributed by atoms with Crippen LogP contribution in [0.5, 0.6) is 0 Å². The Kier molecular flexibility index (Phi) is 7.12. The lowest BCUT2D eigenvalue weighted by Crippen LogP contribution is -2.48. The predicted molar refractivity (Wildman–Crippen MR) is 104 cm³/mol. The number of aliphatic imine (C=N–C) groups is 1. The molecule has 0 spiro atoms. The van der Waals surface area contributed by atoms with Gasteiger partial charge in [-0.05, 0) is 56.7 Å². The number of hydrogen-bond acceptors (Lipinski definition) is 3. The first-order valence-electron chi connectivity index (χ1n) is 9.87. The average molecular weight is 362 g/mol. The molecule has 0 bridgehead atoms. The van der Waals surface area contributed by atoms with Crippen molar-refractivity contribution in [3.8, 4) is 0 Å². The fourth-order valence-electron chi connectivity index (χ4n) is 3.22. The van der Waals surface area contributed by atoms with Crippen molar-refractivity contribution in [1.82, 2.24) is 10.6 Å². The Hall–Kier alpha value is -1.82. The lowest BCUT2D eigenvalue weighted by Gasteiger charge is -2.34. The fourth-order valence-corrected chi connectivity index (χ4v) is 3.22. The molecule has 1 saturated heterocycles. The highest BCUT2D eigenvalue weighted by Gasteiger charge is 2.21. The minimum atomic E-state index is -0.173. The SMILES string of the molecule is CCNC(=NCCOCC1CC1)NC1CCN(c2cccc(F)c2)CC1. The molecule has 2 aliphatic rings. The Morgan fingerprint density at radius 2 is 2.08 bits per heavy atom. The van der Waals surface area contributed by atoms with Crippen LogP contribution in [0.3, 0.4) is 0 Å². The van der Waals surface area contributed by atoms with E-state index in [1.165, 1.54) is 18.9 Å². The van der Waals surface area contributed by atoms with Gasteiger partial charge in [0.1, 0.15) is 5.82 Å². The molecule has 144 valence electrons. The minimum absolute atomic E-state index is 0.173. The summed E-state index contributed by atoms with van der Waals surface area (Å²) in [5, 5.41) is 6.85. The summed E-state index contributed by atoms with van der Waals surface area (Å²) in [6, 6.07) is 7.25. The first-order chi connectivity index (χ1) is 12.7. The number of ether oxygens (including phenoxy) is 1. The third-order valence-corrected chi connectivity index (χ3v) is 4.91. The predicted octanol–water partition coefficient (Wildman–Crippen LogP) is 2.78. The van der Waals surface area contributed by atoms with Gasteiger partial charge in [0.25, 0.3) is 0 Å². The Morgan fingerprint density at radius 1 is 1.27 bits per heavy atom. The van der Waals surface area contributed by atoms with Gasteiger partial charge in [-0.25, -0.2) is 4.39 Å². The zero-order chi connectivity index (χ0) is 18.2. The summed E-state index contributed by atoms with van der Waals surface area (Å²) in [6.07, 6.45) is 4.67. The molecule has 2 N–H and O–H groups in total. The van der Waals surface area contributed by atoms with Gasteiger partial charge in [-0.2, -0.15) is 0 Å². The monoisotopic (exact) mass is 362 g/mol. The van der Waals surface area contributed by atoms with E-state index in [9.17, 15) is 4.39 Å². The Labute approximate surface area is 156 Å².